The molecule has 0 bridgehead atoms. The lowest BCUT2D eigenvalue weighted by Crippen LogP contribution is -2.50. The number of halogens is 1. The average Bonchev–Trinajstić information content (AvgIpc) is 3.45. The highest BCUT2D eigenvalue weighted by molar-refractivity contribution is 9.10. The van der Waals surface area contributed by atoms with Gasteiger partial charge in [0.2, 0.25) is 5.91 Å². The van der Waals surface area contributed by atoms with E-state index in [0.29, 0.717) is 5.56 Å². The molecule has 9 heteroatoms. The van der Waals surface area contributed by atoms with E-state index in [1.165, 1.54) is 11.0 Å². The van der Waals surface area contributed by atoms with Crippen LogP contribution in [-0.2, 0) is 10.2 Å². The van der Waals surface area contributed by atoms with Gasteiger partial charge in [-0.25, -0.2) is 4.68 Å². The molecule has 0 atom stereocenters. The number of aromatic nitrogens is 4. The molecule has 2 aromatic carbocycles. The number of hydrogen-bond donors (Lipinski definition) is 2. The number of nitrogens with one attached hydrogen (secondary N) is 2. The Labute approximate surface area is 175 Å². The highest BCUT2D eigenvalue weighted by Crippen LogP contribution is 2.41. The van der Waals surface area contributed by atoms with Crippen LogP contribution in [-0.4, -0.2) is 32.0 Å². The summed E-state index contributed by atoms with van der Waals surface area (Å²) in [6.07, 6.45) is 4.96. The summed E-state index contributed by atoms with van der Waals surface area (Å²) in [6, 6.07) is 14.6. The molecule has 1 heterocycles. The summed E-state index contributed by atoms with van der Waals surface area (Å²) in [5.41, 5.74) is 6.68. The largest absolute Gasteiger partial charge is 0.272 e. The maximum Gasteiger partial charge on any atom is 0.269 e. The van der Waals surface area contributed by atoms with E-state index in [-0.39, 0.29) is 11.8 Å². The standard InChI is InChI=1S/C20H19BrN6O2/c21-16-7-5-15(6-8-16)20(11-1-2-12-20)19(29)24-23-18(28)14-3-9-17(10-4-14)27-13-22-25-26-27/h3-10,13H,1-2,11-12H2,(H,23,28)(H,24,29). The number of rotatable bonds is 4. The molecule has 1 aromatic heterocycles. The Morgan fingerprint density at radius 2 is 1.66 bits per heavy atom. The monoisotopic (exact) mass is 454 g/mol. The lowest BCUT2D eigenvalue weighted by atomic mass is 9.78. The zero-order chi connectivity index (χ0) is 20.3. The van der Waals surface area contributed by atoms with Gasteiger partial charge in [-0.2, -0.15) is 0 Å². The molecule has 0 spiro atoms. The maximum absolute atomic E-state index is 13.0. The smallest absolute Gasteiger partial charge is 0.269 e. The van der Waals surface area contributed by atoms with Crippen LogP contribution in [0.3, 0.4) is 0 Å². The van der Waals surface area contributed by atoms with Gasteiger partial charge in [0.15, 0.2) is 0 Å². The molecule has 148 valence electrons. The quantitative estimate of drug-likeness (QED) is 0.590. The highest BCUT2D eigenvalue weighted by atomic mass is 79.9. The molecule has 0 aliphatic heterocycles. The highest BCUT2D eigenvalue weighted by Gasteiger charge is 2.42. The van der Waals surface area contributed by atoms with Crippen molar-refractivity contribution in [1.82, 2.24) is 31.1 Å². The molecule has 1 fully saturated rings. The Bertz CT molecular complexity index is 996. The third-order valence-electron chi connectivity index (χ3n) is 5.32. The van der Waals surface area contributed by atoms with Crippen molar-refractivity contribution in [3.05, 3.63) is 70.5 Å². The lowest BCUT2D eigenvalue weighted by Gasteiger charge is -2.28. The fourth-order valence-electron chi connectivity index (χ4n) is 3.74. The van der Waals surface area contributed by atoms with Crippen molar-refractivity contribution in [3.63, 3.8) is 0 Å². The van der Waals surface area contributed by atoms with E-state index in [2.05, 4.69) is 42.3 Å². The molecule has 1 aliphatic carbocycles. The van der Waals surface area contributed by atoms with Gasteiger partial charge < -0.3 is 0 Å². The summed E-state index contributed by atoms with van der Waals surface area (Å²) in [6.45, 7) is 0. The van der Waals surface area contributed by atoms with Crippen molar-refractivity contribution in [2.24, 2.45) is 0 Å². The van der Waals surface area contributed by atoms with Gasteiger partial charge in [0.1, 0.15) is 6.33 Å². The number of carbonyl (C=O) groups is 2. The van der Waals surface area contributed by atoms with E-state index in [1.54, 1.807) is 24.3 Å². The fraction of sp³-hybridized carbons (Fsp3) is 0.250. The molecular formula is C20H19BrN6O2. The summed E-state index contributed by atoms with van der Waals surface area (Å²) in [5.74, 6) is -0.568. The van der Waals surface area contributed by atoms with E-state index in [4.69, 9.17) is 0 Å². The molecule has 29 heavy (non-hydrogen) atoms. The predicted molar refractivity (Wildman–Crippen MR) is 109 cm³/mol. The van der Waals surface area contributed by atoms with E-state index in [0.717, 1.165) is 41.4 Å². The van der Waals surface area contributed by atoms with Crippen LogP contribution in [0, 0.1) is 0 Å². The van der Waals surface area contributed by atoms with Crippen molar-refractivity contribution >= 4 is 27.7 Å². The molecule has 2 N–H and O–H groups in total. The van der Waals surface area contributed by atoms with Gasteiger partial charge in [0.05, 0.1) is 11.1 Å². The van der Waals surface area contributed by atoms with Crippen LogP contribution in [0.15, 0.2) is 59.3 Å². The second kappa shape index (κ2) is 8.12. The van der Waals surface area contributed by atoms with E-state index in [9.17, 15) is 9.59 Å². The van der Waals surface area contributed by atoms with Gasteiger partial charge in [-0.3, -0.25) is 20.4 Å². The van der Waals surface area contributed by atoms with Gasteiger partial charge in [0, 0.05) is 10.0 Å². The summed E-state index contributed by atoms with van der Waals surface area (Å²) in [5, 5.41) is 11.0. The van der Waals surface area contributed by atoms with Crippen molar-refractivity contribution in [3.8, 4) is 5.69 Å². The van der Waals surface area contributed by atoms with Crippen molar-refractivity contribution < 1.29 is 9.59 Å². The number of benzene rings is 2. The number of hydrazine groups is 1. The minimum absolute atomic E-state index is 0.184. The Hall–Kier alpha value is -3.07. The zero-order valence-corrected chi connectivity index (χ0v) is 17.1. The SMILES string of the molecule is O=C(NNC(=O)C1(c2ccc(Br)cc2)CCCC1)c1ccc(-n2cnnn2)cc1. The van der Waals surface area contributed by atoms with Crippen LogP contribution < -0.4 is 10.9 Å². The first-order valence-electron chi connectivity index (χ1n) is 9.29. The maximum atomic E-state index is 13.0. The lowest BCUT2D eigenvalue weighted by molar-refractivity contribution is -0.127. The van der Waals surface area contributed by atoms with Gasteiger partial charge in [-0.15, -0.1) is 5.10 Å². The molecule has 1 saturated carbocycles. The molecule has 0 saturated heterocycles. The minimum atomic E-state index is -0.613. The van der Waals surface area contributed by atoms with Gasteiger partial charge in [-0.05, 0) is 65.2 Å². The van der Waals surface area contributed by atoms with Gasteiger partial charge >= 0.3 is 0 Å². The number of hydrogen-bond acceptors (Lipinski definition) is 5. The Balaban J connectivity index is 1.44. The number of nitrogens with zero attached hydrogens (tertiary/aromatic N) is 4. The Kier molecular flexibility index (Phi) is 5.39. The van der Waals surface area contributed by atoms with E-state index in [1.807, 2.05) is 24.3 Å². The average molecular weight is 455 g/mol. The topological polar surface area (TPSA) is 102 Å². The number of tetrazole rings is 1. The van der Waals surface area contributed by atoms with Crippen LogP contribution >= 0.6 is 15.9 Å². The van der Waals surface area contributed by atoms with Crippen molar-refractivity contribution in [2.75, 3.05) is 0 Å². The van der Waals surface area contributed by atoms with Gasteiger partial charge in [-0.1, -0.05) is 40.9 Å². The number of carbonyl (C=O) groups excluding carboxylic acids is 2. The molecular weight excluding hydrogens is 436 g/mol. The van der Waals surface area contributed by atoms with E-state index < -0.39 is 5.41 Å². The van der Waals surface area contributed by atoms with Crippen LogP contribution in [0.1, 0.15) is 41.6 Å². The first-order chi connectivity index (χ1) is 14.1. The summed E-state index contributed by atoms with van der Waals surface area (Å²) in [4.78, 5) is 25.5. The molecule has 8 nitrogen and oxygen atoms in total. The van der Waals surface area contributed by atoms with Crippen LogP contribution in [0.5, 0.6) is 0 Å². The zero-order valence-electron chi connectivity index (χ0n) is 15.5. The third-order valence-corrected chi connectivity index (χ3v) is 5.85. The van der Waals surface area contributed by atoms with Gasteiger partial charge in [0.25, 0.3) is 5.91 Å². The fourth-order valence-corrected chi connectivity index (χ4v) is 4.01. The first-order valence-corrected chi connectivity index (χ1v) is 10.1. The molecule has 0 radical (unpaired) electrons. The molecule has 1 aliphatic rings. The van der Waals surface area contributed by atoms with Crippen LogP contribution in [0.2, 0.25) is 0 Å². The summed E-state index contributed by atoms with van der Waals surface area (Å²) >= 11 is 3.43. The van der Waals surface area contributed by atoms with Crippen LogP contribution in [0.4, 0.5) is 0 Å². The normalized spacial score (nSPS) is 15.1. The Morgan fingerprint density at radius 3 is 2.28 bits per heavy atom. The van der Waals surface area contributed by atoms with Crippen molar-refractivity contribution in [2.45, 2.75) is 31.1 Å². The van der Waals surface area contributed by atoms with E-state index >= 15 is 0 Å². The number of amides is 2. The third kappa shape index (κ3) is 3.91. The Morgan fingerprint density at radius 1 is 0.966 bits per heavy atom. The summed E-state index contributed by atoms with van der Waals surface area (Å²) in [7, 11) is 0. The van der Waals surface area contributed by atoms with Crippen LogP contribution in [0.25, 0.3) is 5.69 Å². The molecule has 2 amide bonds. The predicted octanol–water partition coefficient (Wildman–Crippen LogP) is 2.70. The molecule has 3 aromatic rings. The van der Waals surface area contributed by atoms with Crippen molar-refractivity contribution in [1.29, 1.82) is 0 Å². The molecule has 0 unspecified atom stereocenters. The molecule has 4 rings (SSSR count). The minimum Gasteiger partial charge on any atom is -0.272 e. The summed E-state index contributed by atoms with van der Waals surface area (Å²) < 4.78 is 2.46. The second-order valence-electron chi connectivity index (χ2n) is 7.01. The first kappa shape index (κ1) is 19.3. The second-order valence-corrected chi connectivity index (χ2v) is 7.92.